The van der Waals surface area contributed by atoms with E-state index in [1.54, 1.807) is 14.0 Å². The molecule has 0 amide bonds. The van der Waals surface area contributed by atoms with Gasteiger partial charge in [-0.3, -0.25) is 9.20 Å². The number of hydrogen-bond acceptors (Lipinski definition) is 5. The maximum Gasteiger partial charge on any atom is 0.223 e. The fraction of sp³-hybridized carbons (Fsp3) is 0.786. The Morgan fingerprint density at radius 1 is 1.48 bits per heavy atom. The highest BCUT2D eigenvalue weighted by atomic mass is 127. The molecule has 3 atom stereocenters. The van der Waals surface area contributed by atoms with Crippen LogP contribution < -0.4 is 10.6 Å². The van der Waals surface area contributed by atoms with Crippen molar-refractivity contribution in [1.29, 1.82) is 0 Å². The molecule has 1 heterocycles. The minimum Gasteiger partial charge on any atom is -0.354 e. The summed E-state index contributed by atoms with van der Waals surface area (Å²) in [6.07, 6.45) is 4.18. The van der Waals surface area contributed by atoms with Crippen molar-refractivity contribution in [3.8, 4) is 0 Å². The molecule has 1 aliphatic carbocycles. The molecule has 2 rings (SSSR count). The molecule has 1 aromatic heterocycles. The van der Waals surface area contributed by atoms with Gasteiger partial charge in [0.25, 0.3) is 0 Å². The summed E-state index contributed by atoms with van der Waals surface area (Å²) in [6, 6.07) is 0.312. The van der Waals surface area contributed by atoms with E-state index < -0.39 is 10.8 Å². The third-order valence-corrected chi connectivity index (χ3v) is 5.57. The quantitative estimate of drug-likeness (QED) is 0.399. The topological polar surface area (TPSA) is 92.4 Å². The van der Waals surface area contributed by atoms with Gasteiger partial charge in [-0.2, -0.15) is 4.98 Å². The largest absolute Gasteiger partial charge is 0.354 e. The summed E-state index contributed by atoms with van der Waals surface area (Å²) in [5, 5.41) is 10.7. The SMILES string of the molecule is CCS(=O)C1CCCC(NC(=NC)NCc2noc(C)n2)C1.I. The average Bonchev–Trinajstić information content (AvgIpc) is 2.96. The number of halogens is 1. The Labute approximate surface area is 157 Å². The summed E-state index contributed by atoms with van der Waals surface area (Å²) in [7, 11) is 1.02. The Hall–Kier alpha value is -0.710. The highest BCUT2D eigenvalue weighted by molar-refractivity contribution is 14.0. The van der Waals surface area contributed by atoms with Gasteiger partial charge in [-0.05, 0) is 19.3 Å². The molecular weight excluding hydrogens is 429 g/mol. The van der Waals surface area contributed by atoms with Crippen LogP contribution in [0.15, 0.2) is 9.52 Å². The van der Waals surface area contributed by atoms with Crippen LogP contribution in [0.5, 0.6) is 0 Å². The molecule has 23 heavy (non-hydrogen) atoms. The maximum atomic E-state index is 12.0. The third-order valence-electron chi connectivity index (χ3n) is 3.83. The summed E-state index contributed by atoms with van der Waals surface area (Å²) < 4.78 is 16.9. The van der Waals surface area contributed by atoms with Gasteiger partial charge in [0.05, 0.1) is 6.54 Å². The number of nitrogens with one attached hydrogen (secondary N) is 2. The monoisotopic (exact) mass is 455 g/mol. The summed E-state index contributed by atoms with van der Waals surface area (Å²) >= 11 is 0. The number of nitrogens with zero attached hydrogens (tertiary/aromatic N) is 3. The van der Waals surface area contributed by atoms with Gasteiger partial charge < -0.3 is 15.2 Å². The highest BCUT2D eigenvalue weighted by Crippen LogP contribution is 2.22. The zero-order valence-electron chi connectivity index (χ0n) is 13.9. The molecule has 0 spiro atoms. The van der Waals surface area contributed by atoms with E-state index in [1.807, 2.05) is 6.92 Å². The number of guanidine groups is 1. The predicted octanol–water partition coefficient (Wildman–Crippen LogP) is 1.74. The summed E-state index contributed by atoms with van der Waals surface area (Å²) in [5.41, 5.74) is 0. The van der Waals surface area contributed by atoms with E-state index >= 15 is 0 Å². The lowest BCUT2D eigenvalue weighted by Gasteiger charge is -2.30. The highest BCUT2D eigenvalue weighted by Gasteiger charge is 2.26. The number of aromatic nitrogens is 2. The van der Waals surface area contributed by atoms with Crippen molar-refractivity contribution >= 4 is 40.7 Å². The van der Waals surface area contributed by atoms with Crippen LogP contribution in [-0.4, -0.2) is 44.4 Å². The van der Waals surface area contributed by atoms with Gasteiger partial charge in [0.15, 0.2) is 11.8 Å². The van der Waals surface area contributed by atoms with Gasteiger partial charge in [0, 0.05) is 41.8 Å². The van der Waals surface area contributed by atoms with Crippen molar-refractivity contribution in [1.82, 2.24) is 20.8 Å². The Bertz CT molecular complexity index is 537. The van der Waals surface area contributed by atoms with Gasteiger partial charge in [-0.15, -0.1) is 24.0 Å². The van der Waals surface area contributed by atoms with E-state index in [2.05, 4.69) is 25.8 Å². The van der Waals surface area contributed by atoms with Crippen LogP contribution in [0, 0.1) is 6.92 Å². The fourth-order valence-electron chi connectivity index (χ4n) is 2.71. The molecule has 132 valence electrons. The van der Waals surface area contributed by atoms with Crippen LogP contribution in [0.25, 0.3) is 0 Å². The first-order valence-corrected chi connectivity index (χ1v) is 9.14. The van der Waals surface area contributed by atoms with Crippen LogP contribution in [0.3, 0.4) is 0 Å². The first-order valence-electron chi connectivity index (χ1n) is 7.76. The Balaban J connectivity index is 0.00000264. The van der Waals surface area contributed by atoms with Gasteiger partial charge in [-0.25, -0.2) is 0 Å². The van der Waals surface area contributed by atoms with Crippen LogP contribution in [0.2, 0.25) is 0 Å². The van der Waals surface area contributed by atoms with Crippen molar-refractivity contribution in [2.75, 3.05) is 12.8 Å². The minimum absolute atomic E-state index is 0. The van der Waals surface area contributed by atoms with Crippen molar-refractivity contribution in [3.63, 3.8) is 0 Å². The first kappa shape index (κ1) is 20.3. The van der Waals surface area contributed by atoms with E-state index in [-0.39, 0.29) is 24.0 Å². The first-order chi connectivity index (χ1) is 10.6. The zero-order valence-corrected chi connectivity index (χ0v) is 17.0. The van der Waals surface area contributed by atoms with E-state index in [9.17, 15) is 4.21 Å². The van der Waals surface area contributed by atoms with Crippen LogP contribution in [0.1, 0.15) is 44.3 Å². The maximum absolute atomic E-state index is 12.0. The molecule has 7 nitrogen and oxygen atoms in total. The molecule has 0 radical (unpaired) electrons. The second kappa shape index (κ2) is 10.2. The zero-order chi connectivity index (χ0) is 15.9. The van der Waals surface area contributed by atoms with Gasteiger partial charge in [0.2, 0.25) is 5.89 Å². The molecule has 0 aromatic carbocycles. The van der Waals surface area contributed by atoms with Crippen LogP contribution in [-0.2, 0) is 17.3 Å². The molecular formula is C14H26IN5O2S. The Morgan fingerprint density at radius 3 is 2.87 bits per heavy atom. The lowest BCUT2D eigenvalue weighted by atomic mass is 9.95. The number of aliphatic imine (C=N–C) groups is 1. The van der Waals surface area contributed by atoms with Gasteiger partial charge >= 0.3 is 0 Å². The Kier molecular flexibility index (Phi) is 9.03. The number of rotatable bonds is 5. The molecule has 3 unspecified atom stereocenters. The molecule has 0 saturated heterocycles. The van der Waals surface area contributed by atoms with Crippen LogP contribution >= 0.6 is 24.0 Å². The Morgan fingerprint density at radius 2 is 2.26 bits per heavy atom. The molecule has 1 aromatic rings. The summed E-state index contributed by atoms with van der Waals surface area (Å²) in [5.74, 6) is 2.61. The van der Waals surface area contributed by atoms with Gasteiger partial charge in [-0.1, -0.05) is 18.5 Å². The average molecular weight is 455 g/mol. The molecule has 1 fully saturated rings. The van der Waals surface area contributed by atoms with E-state index in [0.29, 0.717) is 29.6 Å². The van der Waals surface area contributed by atoms with Crippen LogP contribution in [0.4, 0.5) is 0 Å². The normalized spacial score (nSPS) is 23.0. The lowest BCUT2D eigenvalue weighted by molar-refractivity contribution is 0.386. The van der Waals surface area contributed by atoms with E-state index in [4.69, 9.17) is 4.52 Å². The lowest BCUT2D eigenvalue weighted by Crippen LogP contribution is -2.46. The standard InChI is InChI=1S/C14H25N5O2S.HI/c1-4-22(20)12-7-5-6-11(8-12)18-14(15-3)16-9-13-17-10(2)21-19-13;/h11-12H,4-9H2,1-3H3,(H2,15,16,18);1H. The molecule has 0 bridgehead atoms. The molecule has 1 saturated carbocycles. The van der Waals surface area contributed by atoms with Crippen molar-refractivity contribution in [2.45, 2.75) is 57.4 Å². The van der Waals surface area contributed by atoms with E-state index in [1.165, 1.54) is 0 Å². The molecule has 2 N–H and O–H groups in total. The van der Waals surface area contributed by atoms with Crippen molar-refractivity contribution in [3.05, 3.63) is 11.7 Å². The number of hydrogen-bond donors (Lipinski definition) is 2. The summed E-state index contributed by atoms with van der Waals surface area (Å²) in [4.78, 5) is 8.37. The minimum atomic E-state index is -0.714. The van der Waals surface area contributed by atoms with Crippen molar-refractivity contribution < 1.29 is 8.73 Å². The van der Waals surface area contributed by atoms with E-state index in [0.717, 1.165) is 37.4 Å². The second-order valence-electron chi connectivity index (χ2n) is 5.45. The molecule has 0 aliphatic heterocycles. The fourth-order valence-corrected chi connectivity index (χ4v) is 4.06. The second-order valence-corrected chi connectivity index (χ2v) is 7.46. The van der Waals surface area contributed by atoms with Crippen molar-refractivity contribution in [2.24, 2.45) is 4.99 Å². The predicted molar refractivity (Wildman–Crippen MR) is 103 cm³/mol. The third kappa shape index (κ3) is 6.36. The molecule has 9 heteroatoms. The smallest absolute Gasteiger partial charge is 0.223 e. The van der Waals surface area contributed by atoms with Gasteiger partial charge in [0.1, 0.15) is 0 Å². The number of aryl methyl sites for hydroxylation is 1. The summed E-state index contributed by atoms with van der Waals surface area (Å²) in [6.45, 7) is 4.22. The molecule has 1 aliphatic rings.